The Morgan fingerprint density at radius 3 is 2.47 bits per heavy atom. The summed E-state index contributed by atoms with van der Waals surface area (Å²) in [4.78, 5) is 23.4. The summed E-state index contributed by atoms with van der Waals surface area (Å²) < 4.78 is 4.67. The summed E-state index contributed by atoms with van der Waals surface area (Å²) in [6, 6.07) is 6.37. The fourth-order valence-corrected chi connectivity index (χ4v) is 1.43. The molecule has 0 aliphatic carbocycles. The summed E-state index contributed by atoms with van der Waals surface area (Å²) >= 11 is 0. The number of para-hydroxylation sites is 1. The molecule has 0 aromatic heterocycles. The SMILES string of the molecule is CCC(C)(C)NC(=O)Nc1ccccc1C(=O)OC. The number of methoxy groups -OCH3 is 1. The molecule has 5 nitrogen and oxygen atoms in total. The number of rotatable bonds is 4. The Labute approximate surface area is 113 Å². The van der Waals surface area contributed by atoms with Crippen molar-refractivity contribution < 1.29 is 14.3 Å². The zero-order chi connectivity index (χ0) is 14.5. The second-order valence-corrected chi connectivity index (χ2v) is 4.85. The van der Waals surface area contributed by atoms with Gasteiger partial charge < -0.3 is 15.4 Å². The lowest BCUT2D eigenvalue weighted by Gasteiger charge is -2.24. The van der Waals surface area contributed by atoms with Crippen molar-refractivity contribution in [2.45, 2.75) is 32.7 Å². The molecule has 1 aromatic carbocycles. The lowest BCUT2D eigenvalue weighted by Crippen LogP contribution is -2.45. The van der Waals surface area contributed by atoms with Crippen LogP contribution in [0, 0.1) is 0 Å². The molecule has 2 amide bonds. The molecule has 0 saturated carbocycles. The minimum Gasteiger partial charge on any atom is -0.465 e. The molecule has 0 heterocycles. The van der Waals surface area contributed by atoms with Gasteiger partial charge in [-0.05, 0) is 32.4 Å². The van der Waals surface area contributed by atoms with Gasteiger partial charge in [-0.3, -0.25) is 0 Å². The van der Waals surface area contributed by atoms with E-state index in [1.54, 1.807) is 24.3 Å². The number of ether oxygens (including phenoxy) is 1. The summed E-state index contributed by atoms with van der Waals surface area (Å²) in [5.41, 5.74) is 0.456. The first-order valence-electron chi connectivity index (χ1n) is 6.16. The average Bonchev–Trinajstić information content (AvgIpc) is 2.37. The Hall–Kier alpha value is -2.04. The number of nitrogens with one attached hydrogen (secondary N) is 2. The lowest BCUT2D eigenvalue weighted by atomic mass is 10.0. The summed E-state index contributed by atoms with van der Waals surface area (Å²) in [6.07, 6.45) is 0.805. The second kappa shape index (κ2) is 6.22. The number of carbonyl (C=O) groups is 2. The minimum atomic E-state index is -0.481. The molecule has 2 N–H and O–H groups in total. The summed E-state index contributed by atoms with van der Waals surface area (Å²) in [5, 5.41) is 5.50. The van der Waals surface area contributed by atoms with Gasteiger partial charge in [0, 0.05) is 5.54 Å². The van der Waals surface area contributed by atoms with Crippen molar-refractivity contribution in [3.63, 3.8) is 0 Å². The van der Waals surface area contributed by atoms with Gasteiger partial charge in [-0.25, -0.2) is 9.59 Å². The molecule has 104 valence electrons. The molecule has 0 unspecified atom stereocenters. The third-order valence-electron chi connectivity index (χ3n) is 2.92. The van der Waals surface area contributed by atoms with Gasteiger partial charge in [0.1, 0.15) is 0 Å². The number of amides is 2. The molecule has 0 radical (unpaired) electrons. The summed E-state index contributed by atoms with van der Waals surface area (Å²) in [6.45, 7) is 5.85. The largest absolute Gasteiger partial charge is 0.465 e. The van der Waals surface area contributed by atoms with Crippen molar-refractivity contribution in [1.82, 2.24) is 5.32 Å². The van der Waals surface area contributed by atoms with Gasteiger partial charge in [0.15, 0.2) is 0 Å². The highest BCUT2D eigenvalue weighted by Gasteiger charge is 2.19. The van der Waals surface area contributed by atoms with E-state index in [4.69, 9.17) is 0 Å². The van der Waals surface area contributed by atoms with Gasteiger partial charge in [0.05, 0.1) is 18.4 Å². The molecule has 0 aliphatic heterocycles. The predicted octanol–water partition coefficient (Wildman–Crippen LogP) is 2.78. The first-order chi connectivity index (χ1) is 8.89. The topological polar surface area (TPSA) is 67.4 Å². The number of esters is 1. The smallest absolute Gasteiger partial charge is 0.339 e. The molecular formula is C14H20N2O3. The molecular weight excluding hydrogens is 244 g/mol. The van der Waals surface area contributed by atoms with Crippen molar-refractivity contribution in [3.05, 3.63) is 29.8 Å². The minimum absolute atomic E-state index is 0.301. The Bertz CT molecular complexity index is 470. The molecule has 5 heteroatoms. The molecule has 0 bridgehead atoms. The van der Waals surface area contributed by atoms with E-state index < -0.39 is 5.97 Å². The van der Waals surface area contributed by atoms with E-state index in [-0.39, 0.29) is 11.6 Å². The van der Waals surface area contributed by atoms with E-state index in [0.717, 1.165) is 6.42 Å². The van der Waals surface area contributed by atoms with E-state index in [9.17, 15) is 9.59 Å². The number of hydrogen-bond donors (Lipinski definition) is 2. The normalized spacial score (nSPS) is 10.7. The first-order valence-corrected chi connectivity index (χ1v) is 6.16. The standard InChI is InChI=1S/C14H20N2O3/c1-5-14(2,3)16-13(18)15-11-9-7-6-8-10(11)12(17)19-4/h6-9H,5H2,1-4H3,(H2,15,16,18). The number of benzene rings is 1. The van der Waals surface area contributed by atoms with Gasteiger partial charge in [0.25, 0.3) is 0 Å². The van der Waals surface area contributed by atoms with E-state index >= 15 is 0 Å². The molecule has 1 aromatic rings. The Balaban J connectivity index is 2.83. The van der Waals surface area contributed by atoms with Crippen molar-refractivity contribution >= 4 is 17.7 Å². The predicted molar refractivity (Wildman–Crippen MR) is 74.3 cm³/mol. The third-order valence-corrected chi connectivity index (χ3v) is 2.92. The zero-order valence-corrected chi connectivity index (χ0v) is 11.7. The quantitative estimate of drug-likeness (QED) is 0.822. The van der Waals surface area contributed by atoms with Crippen LogP contribution >= 0.6 is 0 Å². The highest BCUT2D eigenvalue weighted by molar-refractivity contribution is 6.00. The Morgan fingerprint density at radius 1 is 1.26 bits per heavy atom. The van der Waals surface area contributed by atoms with Crippen LogP contribution in [0.15, 0.2) is 24.3 Å². The molecule has 0 fully saturated rings. The van der Waals surface area contributed by atoms with Crippen molar-refractivity contribution in [3.8, 4) is 0 Å². The Kier molecular flexibility index (Phi) is 4.92. The van der Waals surface area contributed by atoms with E-state index in [2.05, 4.69) is 15.4 Å². The number of urea groups is 1. The van der Waals surface area contributed by atoms with E-state index in [1.165, 1.54) is 7.11 Å². The lowest BCUT2D eigenvalue weighted by molar-refractivity contribution is 0.0602. The van der Waals surface area contributed by atoms with Gasteiger partial charge >= 0.3 is 12.0 Å². The number of carbonyl (C=O) groups excluding carboxylic acids is 2. The summed E-state index contributed by atoms with van der Waals surface area (Å²) in [5.74, 6) is -0.481. The van der Waals surface area contributed by atoms with Crippen LogP contribution in [-0.2, 0) is 4.74 Å². The van der Waals surface area contributed by atoms with E-state index in [0.29, 0.717) is 11.3 Å². The molecule has 0 spiro atoms. The van der Waals surface area contributed by atoms with Crippen LogP contribution in [-0.4, -0.2) is 24.6 Å². The molecule has 19 heavy (non-hydrogen) atoms. The highest BCUT2D eigenvalue weighted by Crippen LogP contribution is 2.16. The van der Waals surface area contributed by atoms with Gasteiger partial charge in [-0.15, -0.1) is 0 Å². The van der Waals surface area contributed by atoms with Gasteiger partial charge in [-0.2, -0.15) is 0 Å². The molecule has 1 rings (SSSR count). The second-order valence-electron chi connectivity index (χ2n) is 4.85. The highest BCUT2D eigenvalue weighted by atomic mass is 16.5. The van der Waals surface area contributed by atoms with Crippen LogP contribution in [0.2, 0.25) is 0 Å². The van der Waals surface area contributed by atoms with Crippen molar-refractivity contribution in [2.24, 2.45) is 0 Å². The monoisotopic (exact) mass is 264 g/mol. The van der Waals surface area contributed by atoms with Crippen molar-refractivity contribution in [1.29, 1.82) is 0 Å². The van der Waals surface area contributed by atoms with Crippen molar-refractivity contribution in [2.75, 3.05) is 12.4 Å². The molecule has 0 saturated heterocycles. The van der Waals surface area contributed by atoms with Crippen LogP contribution < -0.4 is 10.6 Å². The maximum absolute atomic E-state index is 11.9. The third kappa shape index (κ3) is 4.28. The van der Waals surface area contributed by atoms with Crippen LogP contribution in [0.1, 0.15) is 37.6 Å². The fraction of sp³-hybridized carbons (Fsp3) is 0.429. The zero-order valence-electron chi connectivity index (χ0n) is 11.7. The maximum Gasteiger partial charge on any atom is 0.339 e. The van der Waals surface area contributed by atoms with Crippen LogP contribution in [0.5, 0.6) is 0 Å². The van der Waals surface area contributed by atoms with Crippen LogP contribution in [0.25, 0.3) is 0 Å². The maximum atomic E-state index is 11.9. The molecule has 0 atom stereocenters. The van der Waals surface area contributed by atoms with Crippen LogP contribution in [0.3, 0.4) is 0 Å². The molecule has 0 aliphatic rings. The number of hydrogen-bond acceptors (Lipinski definition) is 3. The Morgan fingerprint density at radius 2 is 1.89 bits per heavy atom. The first kappa shape index (κ1) is 15.0. The average molecular weight is 264 g/mol. The van der Waals surface area contributed by atoms with E-state index in [1.807, 2.05) is 20.8 Å². The van der Waals surface area contributed by atoms with Gasteiger partial charge in [-0.1, -0.05) is 19.1 Å². The van der Waals surface area contributed by atoms with Crippen LogP contribution in [0.4, 0.5) is 10.5 Å². The number of anilines is 1. The summed E-state index contributed by atoms with van der Waals surface area (Å²) in [7, 11) is 1.30. The fourth-order valence-electron chi connectivity index (χ4n) is 1.43. The van der Waals surface area contributed by atoms with Gasteiger partial charge in [0.2, 0.25) is 0 Å².